The third kappa shape index (κ3) is 1.72. The van der Waals surface area contributed by atoms with Crippen LogP contribution in [0.15, 0.2) is 72.8 Å². The molecule has 0 atom stereocenters. The third-order valence-corrected chi connectivity index (χ3v) is 4.65. The van der Waals surface area contributed by atoms with E-state index in [4.69, 9.17) is 0 Å². The van der Waals surface area contributed by atoms with E-state index >= 15 is 0 Å². The van der Waals surface area contributed by atoms with E-state index in [1.165, 1.54) is 16.3 Å². The molecule has 2 heterocycles. The molecule has 3 heteroatoms. The lowest BCUT2D eigenvalue weighted by molar-refractivity contribution is 1.11. The second kappa shape index (κ2) is 4.90. The van der Waals surface area contributed by atoms with E-state index in [1.807, 2.05) is 6.07 Å². The highest BCUT2D eigenvalue weighted by molar-refractivity contribution is 6.12. The Bertz CT molecular complexity index is 1220. The highest BCUT2D eigenvalue weighted by Crippen LogP contribution is 2.32. The molecule has 0 aliphatic heterocycles. The van der Waals surface area contributed by atoms with E-state index in [0.29, 0.717) is 0 Å². The van der Waals surface area contributed by atoms with Gasteiger partial charge in [-0.05, 0) is 23.9 Å². The summed E-state index contributed by atoms with van der Waals surface area (Å²) in [6, 6.07) is 25.2. The second-order valence-electron chi connectivity index (χ2n) is 6.06. The van der Waals surface area contributed by atoms with Gasteiger partial charge in [0.25, 0.3) is 0 Å². The van der Waals surface area contributed by atoms with Gasteiger partial charge in [-0.2, -0.15) is 0 Å². The molecule has 0 saturated heterocycles. The molecule has 3 nitrogen and oxygen atoms in total. The zero-order valence-electron chi connectivity index (χ0n) is 13.3. The fourth-order valence-corrected chi connectivity index (χ4v) is 3.49. The molecule has 0 amide bonds. The van der Waals surface area contributed by atoms with Crippen LogP contribution < -0.4 is 0 Å². The van der Waals surface area contributed by atoms with Gasteiger partial charge in [0.05, 0.1) is 5.52 Å². The maximum Gasteiger partial charge on any atom is 0.169 e. The Balaban J connectivity index is 2.05. The van der Waals surface area contributed by atoms with Gasteiger partial charge >= 0.3 is 0 Å². The van der Waals surface area contributed by atoms with Crippen LogP contribution in [-0.2, 0) is 0 Å². The Kier molecular flexibility index (Phi) is 2.71. The van der Waals surface area contributed by atoms with Crippen molar-refractivity contribution >= 4 is 27.3 Å². The van der Waals surface area contributed by atoms with Gasteiger partial charge in [0.15, 0.2) is 11.5 Å². The largest absolute Gasteiger partial charge is 0.274 e. The van der Waals surface area contributed by atoms with E-state index in [0.717, 1.165) is 27.9 Å². The maximum absolute atomic E-state index is 4.54. The van der Waals surface area contributed by atoms with Gasteiger partial charge in [-0.1, -0.05) is 66.7 Å². The first-order valence-corrected chi connectivity index (χ1v) is 8.05. The molecule has 114 valence electrons. The lowest BCUT2D eigenvalue weighted by Gasteiger charge is -2.10. The molecule has 5 rings (SSSR count). The molecule has 24 heavy (non-hydrogen) atoms. The van der Waals surface area contributed by atoms with Crippen LogP contribution in [0, 0.1) is 6.92 Å². The van der Waals surface area contributed by atoms with Crippen molar-refractivity contribution in [3.8, 4) is 11.4 Å². The minimum Gasteiger partial charge on any atom is -0.274 e. The first-order chi connectivity index (χ1) is 11.8. The van der Waals surface area contributed by atoms with Gasteiger partial charge in [0.2, 0.25) is 0 Å². The molecule has 0 aliphatic carbocycles. The smallest absolute Gasteiger partial charge is 0.169 e. The molecule has 0 spiro atoms. The molecule has 0 N–H and O–H groups in total. The zero-order valence-corrected chi connectivity index (χ0v) is 13.3. The predicted octanol–water partition coefficient (Wildman–Crippen LogP) is 5.01. The van der Waals surface area contributed by atoms with Gasteiger partial charge in [-0.25, -0.2) is 0 Å². The number of aromatic nitrogens is 3. The molecule has 5 aromatic rings. The van der Waals surface area contributed by atoms with Gasteiger partial charge in [0.1, 0.15) is 0 Å². The summed E-state index contributed by atoms with van der Waals surface area (Å²) in [5, 5.41) is 12.6. The predicted molar refractivity (Wildman–Crippen MR) is 98.2 cm³/mol. The molecule has 0 saturated carbocycles. The Morgan fingerprint density at radius 2 is 1.33 bits per heavy atom. The zero-order chi connectivity index (χ0) is 16.1. The molecule has 0 unspecified atom stereocenters. The molecule has 2 aromatic heterocycles. The van der Waals surface area contributed by atoms with Crippen LogP contribution in [-0.4, -0.2) is 14.6 Å². The molecule has 0 radical (unpaired) electrons. The van der Waals surface area contributed by atoms with E-state index in [9.17, 15) is 0 Å². The summed E-state index contributed by atoms with van der Waals surface area (Å²) in [5.74, 6) is 0.894. The van der Waals surface area contributed by atoms with E-state index in [1.54, 1.807) is 0 Å². The third-order valence-electron chi connectivity index (χ3n) is 4.65. The van der Waals surface area contributed by atoms with Crippen LogP contribution in [0.2, 0.25) is 0 Å². The lowest BCUT2D eigenvalue weighted by Crippen LogP contribution is -1.95. The van der Waals surface area contributed by atoms with Crippen molar-refractivity contribution in [2.24, 2.45) is 0 Å². The average molecular weight is 309 g/mol. The Morgan fingerprint density at radius 1 is 0.667 bits per heavy atom. The molecule has 0 aliphatic rings. The van der Waals surface area contributed by atoms with E-state index in [-0.39, 0.29) is 0 Å². The molecular formula is C21H15N3. The van der Waals surface area contributed by atoms with Crippen molar-refractivity contribution in [3.05, 3.63) is 78.4 Å². The molecule has 3 aromatic carbocycles. The summed E-state index contributed by atoms with van der Waals surface area (Å²) < 4.78 is 2.18. The van der Waals surface area contributed by atoms with Crippen LogP contribution in [0.3, 0.4) is 0 Å². The lowest BCUT2D eigenvalue weighted by atomic mass is 10.0. The van der Waals surface area contributed by atoms with Crippen LogP contribution in [0.25, 0.3) is 38.7 Å². The van der Waals surface area contributed by atoms with Crippen LogP contribution in [0.1, 0.15) is 5.56 Å². The number of hydrogen-bond acceptors (Lipinski definition) is 2. The highest BCUT2D eigenvalue weighted by Gasteiger charge is 2.15. The Labute approximate surface area is 139 Å². The van der Waals surface area contributed by atoms with Crippen molar-refractivity contribution in [2.75, 3.05) is 0 Å². The Hall–Kier alpha value is -3.20. The first kappa shape index (κ1) is 13.3. The van der Waals surface area contributed by atoms with Crippen LogP contribution in [0.5, 0.6) is 0 Å². The number of para-hydroxylation sites is 1. The maximum atomic E-state index is 4.54. The SMILES string of the molecule is Cc1ccccc1-c1nnc2c3ccccc3c3ccccc3n12. The van der Waals surface area contributed by atoms with Crippen LogP contribution >= 0.6 is 0 Å². The number of pyridine rings is 1. The number of rotatable bonds is 1. The summed E-state index contributed by atoms with van der Waals surface area (Å²) in [4.78, 5) is 0. The summed E-state index contributed by atoms with van der Waals surface area (Å²) in [6.45, 7) is 2.11. The quantitative estimate of drug-likeness (QED) is 0.407. The van der Waals surface area contributed by atoms with Gasteiger partial charge in [-0.3, -0.25) is 4.40 Å². The fraction of sp³-hybridized carbons (Fsp3) is 0.0476. The fourth-order valence-electron chi connectivity index (χ4n) is 3.49. The molecule has 0 bridgehead atoms. The van der Waals surface area contributed by atoms with Gasteiger partial charge in [0, 0.05) is 16.3 Å². The standard InChI is InChI=1S/C21H15N3/c1-14-8-2-3-9-15(14)20-22-23-21-18-12-5-4-10-16(18)17-11-6-7-13-19(17)24(20)21/h2-13H,1H3. The minimum absolute atomic E-state index is 0.894. The van der Waals surface area contributed by atoms with Crippen molar-refractivity contribution in [1.29, 1.82) is 0 Å². The average Bonchev–Trinajstić information content (AvgIpc) is 3.08. The summed E-state index contributed by atoms with van der Waals surface area (Å²) in [7, 11) is 0. The second-order valence-corrected chi connectivity index (χ2v) is 6.06. The van der Waals surface area contributed by atoms with E-state index in [2.05, 4.69) is 88.3 Å². The van der Waals surface area contributed by atoms with E-state index < -0.39 is 0 Å². The summed E-state index contributed by atoms with van der Waals surface area (Å²) in [5.41, 5.74) is 4.35. The highest BCUT2D eigenvalue weighted by atomic mass is 15.2. The molecular weight excluding hydrogens is 294 g/mol. The number of hydrogen-bond donors (Lipinski definition) is 0. The number of benzene rings is 3. The topological polar surface area (TPSA) is 30.2 Å². The van der Waals surface area contributed by atoms with Gasteiger partial charge < -0.3 is 0 Å². The number of fused-ring (bicyclic) bond motifs is 6. The van der Waals surface area contributed by atoms with Crippen molar-refractivity contribution in [1.82, 2.24) is 14.6 Å². The van der Waals surface area contributed by atoms with Crippen molar-refractivity contribution in [2.45, 2.75) is 6.92 Å². The monoisotopic (exact) mass is 309 g/mol. The minimum atomic E-state index is 0.894. The normalized spacial score (nSPS) is 11.5. The summed E-state index contributed by atoms with van der Waals surface area (Å²) in [6.07, 6.45) is 0. The van der Waals surface area contributed by atoms with Gasteiger partial charge in [-0.15, -0.1) is 10.2 Å². The van der Waals surface area contributed by atoms with Crippen molar-refractivity contribution in [3.63, 3.8) is 0 Å². The van der Waals surface area contributed by atoms with Crippen LogP contribution in [0.4, 0.5) is 0 Å². The van der Waals surface area contributed by atoms with Crippen molar-refractivity contribution < 1.29 is 0 Å². The molecule has 0 fully saturated rings. The number of aryl methyl sites for hydroxylation is 1. The first-order valence-electron chi connectivity index (χ1n) is 8.05. The Morgan fingerprint density at radius 3 is 2.17 bits per heavy atom. The number of nitrogens with zero attached hydrogens (tertiary/aromatic N) is 3. The summed E-state index contributed by atoms with van der Waals surface area (Å²) >= 11 is 0.